The number of hydrogen-bond donors (Lipinski definition) is 1. The number of aliphatic carboxylic acids is 1. The Morgan fingerprint density at radius 3 is 2.12 bits per heavy atom. The minimum atomic E-state index is -1.40. The molecular weight excluding hydrogens is 103 g/mol. The quantitative estimate of drug-likeness (QED) is 0.285. The Bertz CT molecular complexity index is 99.5. The fraction of sp³-hybridized carbons (Fsp3) is 0.250. The number of hydrogen-bond acceptors (Lipinski definition) is 3. The van der Waals surface area contributed by atoms with Crippen LogP contribution in [0.3, 0.4) is 0 Å². The third-order valence-corrected chi connectivity index (χ3v) is 0.480. The van der Waals surface area contributed by atoms with Crippen LogP contribution in [0.1, 0.15) is 0 Å². The van der Waals surface area contributed by atoms with Crippen molar-refractivity contribution in [3.8, 4) is 0 Å². The van der Waals surface area contributed by atoms with E-state index >= 15 is 0 Å². The van der Waals surface area contributed by atoms with Crippen LogP contribution in [0.4, 0.5) is 0 Å². The maximum Gasteiger partial charge on any atom is 1.00 e. The first kappa shape index (κ1) is 10.7. The van der Waals surface area contributed by atoms with Crippen LogP contribution in [-0.4, -0.2) is 17.7 Å². The van der Waals surface area contributed by atoms with E-state index in [1.807, 2.05) is 0 Å². The molecule has 0 heterocycles. The van der Waals surface area contributed by atoms with E-state index in [0.29, 0.717) is 0 Å². The Morgan fingerprint density at radius 2 is 2.12 bits per heavy atom. The van der Waals surface area contributed by atoms with Gasteiger partial charge in [-0.05, 0) is 5.57 Å². The van der Waals surface area contributed by atoms with E-state index in [4.69, 9.17) is 5.11 Å². The smallest absolute Gasteiger partial charge is 0.545 e. The van der Waals surface area contributed by atoms with Gasteiger partial charge in [0.25, 0.3) is 0 Å². The summed E-state index contributed by atoms with van der Waals surface area (Å²) < 4.78 is 0. The Kier molecular flexibility index (Phi) is 6.57. The normalized spacial score (nSPS) is 7.12. The fourth-order valence-corrected chi connectivity index (χ4v) is 0.0645. The van der Waals surface area contributed by atoms with E-state index < -0.39 is 12.6 Å². The number of rotatable bonds is 2. The van der Waals surface area contributed by atoms with Gasteiger partial charge in [-0.25, -0.2) is 0 Å². The third-order valence-electron chi connectivity index (χ3n) is 0.480. The SMILES string of the molecule is C=C(CO)C(=O)[O-].[Li+]. The van der Waals surface area contributed by atoms with Gasteiger partial charge in [-0.2, -0.15) is 0 Å². The molecule has 0 aliphatic heterocycles. The van der Waals surface area contributed by atoms with Crippen LogP contribution >= 0.6 is 0 Å². The fourth-order valence-electron chi connectivity index (χ4n) is 0.0645. The number of carboxylic acids is 1. The van der Waals surface area contributed by atoms with Gasteiger partial charge in [0.1, 0.15) is 0 Å². The van der Waals surface area contributed by atoms with Gasteiger partial charge < -0.3 is 15.0 Å². The molecule has 0 saturated carbocycles. The Morgan fingerprint density at radius 1 is 1.75 bits per heavy atom. The van der Waals surface area contributed by atoms with E-state index in [0.717, 1.165) is 0 Å². The van der Waals surface area contributed by atoms with Gasteiger partial charge in [-0.3, -0.25) is 0 Å². The molecule has 0 rings (SSSR count). The largest absolute Gasteiger partial charge is 1.00 e. The molecule has 0 aliphatic carbocycles. The van der Waals surface area contributed by atoms with Gasteiger partial charge in [-0.1, -0.05) is 6.58 Å². The van der Waals surface area contributed by atoms with Crippen molar-refractivity contribution in [2.24, 2.45) is 0 Å². The minimum Gasteiger partial charge on any atom is -0.545 e. The zero-order valence-corrected chi connectivity index (χ0v) is 4.68. The zero-order chi connectivity index (χ0) is 5.86. The molecule has 0 saturated heterocycles. The van der Waals surface area contributed by atoms with Crippen LogP contribution in [0.25, 0.3) is 0 Å². The van der Waals surface area contributed by atoms with Crippen molar-refractivity contribution in [1.29, 1.82) is 0 Å². The second-order valence-electron chi connectivity index (χ2n) is 1.05. The maximum atomic E-state index is 9.56. The summed E-state index contributed by atoms with van der Waals surface area (Å²) in [6, 6.07) is 0. The van der Waals surface area contributed by atoms with Gasteiger partial charge in [-0.15, -0.1) is 0 Å². The third kappa shape index (κ3) is 3.94. The van der Waals surface area contributed by atoms with Crippen LogP contribution in [0.15, 0.2) is 12.2 Å². The molecule has 0 aromatic carbocycles. The van der Waals surface area contributed by atoms with Gasteiger partial charge >= 0.3 is 18.9 Å². The van der Waals surface area contributed by atoms with E-state index in [1.54, 1.807) is 0 Å². The first-order valence-electron chi connectivity index (χ1n) is 1.68. The first-order chi connectivity index (χ1) is 3.18. The van der Waals surface area contributed by atoms with Crippen LogP contribution in [0.5, 0.6) is 0 Å². The molecule has 1 N–H and O–H groups in total. The Hall–Kier alpha value is -0.233. The molecule has 0 bridgehead atoms. The van der Waals surface area contributed by atoms with E-state index in [1.165, 1.54) is 0 Å². The number of aliphatic hydroxyl groups excluding tert-OH is 1. The predicted molar refractivity (Wildman–Crippen MR) is 21.2 cm³/mol. The average Bonchev–Trinajstić information content (AvgIpc) is 1.65. The Labute approximate surface area is 59.2 Å². The summed E-state index contributed by atoms with van der Waals surface area (Å²) in [6.07, 6.45) is 0. The summed E-state index contributed by atoms with van der Waals surface area (Å²) >= 11 is 0. The molecule has 3 nitrogen and oxygen atoms in total. The molecular formula is C4H5LiO3. The van der Waals surface area contributed by atoms with Crippen molar-refractivity contribution in [2.75, 3.05) is 6.61 Å². The molecule has 0 radical (unpaired) electrons. The summed E-state index contributed by atoms with van der Waals surface area (Å²) in [6.45, 7) is 2.42. The zero-order valence-electron chi connectivity index (χ0n) is 4.68. The van der Waals surface area contributed by atoms with Crippen molar-refractivity contribution in [1.82, 2.24) is 0 Å². The second-order valence-corrected chi connectivity index (χ2v) is 1.05. The van der Waals surface area contributed by atoms with Crippen molar-refractivity contribution in [3.63, 3.8) is 0 Å². The van der Waals surface area contributed by atoms with Gasteiger partial charge in [0.05, 0.1) is 12.6 Å². The molecule has 0 unspecified atom stereocenters. The molecule has 0 atom stereocenters. The van der Waals surface area contributed by atoms with Crippen LogP contribution in [-0.2, 0) is 4.79 Å². The van der Waals surface area contributed by atoms with Crippen molar-refractivity contribution in [2.45, 2.75) is 0 Å². The van der Waals surface area contributed by atoms with E-state index in [-0.39, 0.29) is 24.4 Å². The average molecular weight is 108 g/mol. The standard InChI is InChI=1S/C4H6O3.Li/c1-3(2-5)4(6)7;/h5H,1-2H2,(H,6,7);/q;+1/p-1. The van der Waals surface area contributed by atoms with Gasteiger partial charge in [0.2, 0.25) is 0 Å². The molecule has 4 heteroatoms. The van der Waals surface area contributed by atoms with Gasteiger partial charge in [0.15, 0.2) is 0 Å². The van der Waals surface area contributed by atoms with Crippen LogP contribution < -0.4 is 24.0 Å². The molecule has 0 amide bonds. The van der Waals surface area contributed by atoms with Crippen LogP contribution in [0.2, 0.25) is 0 Å². The Balaban J connectivity index is 0. The number of carbonyl (C=O) groups excluding carboxylic acids is 1. The topological polar surface area (TPSA) is 60.4 Å². The molecule has 0 fully saturated rings. The van der Waals surface area contributed by atoms with Crippen molar-refractivity contribution < 1.29 is 33.9 Å². The first-order valence-corrected chi connectivity index (χ1v) is 1.68. The molecule has 0 aromatic heterocycles. The summed E-state index contributed by atoms with van der Waals surface area (Å²) in [7, 11) is 0. The summed E-state index contributed by atoms with van der Waals surface area (Å²) in [5.41, 5.74) is -0.292. The maximum absolute atomic E-state index is 9.56. The molecule has 40 valence electrons. The molecule has 0 aliphatic rings. The van der Waals surface area contributed by atoms with Crippen molar-refractivity contribution >= 4 is 5.97 Å². The number of carboxylic acid groups (broad SMARTS) is 1. The minimum absolute atomic E-state index is 0. The van der Waals surface area contributed by atoms with Gasteiger partial charge in [0, 0.05) is 0 Å². The van der Waals surface area contributed by atoms with Crippen molar-refractivity contribution in [3.05, 3.63) is 12.2 Å². The summed E-state index contributed by atoms with van der Waals surface area (Å²) in [5.74, 6) is -1.40. The number of aliphatic hydroxyl groups is 1. The predicted octanol–water partition coefficient (Wildman–Crippen LogP) is -4.71. The van der Waals surface area contributed by atoms with E-state index in [2.05, 4.69) is 6.58 Å². The number of carbonyl (C=O) groups is 1. The van der Waals surface area contributed by atoms with Crippen LogP contribution in [0, 0.1) is 0 Å². The summed E-state index contributed by atoms with van der Waals surface area (Å²) in [4.78, 5) is 9.56. The molecule has 0 aromatic rings. The molecule has 0 spiro atoms. The second kappa shape index (κ2) is 4.92. The monoisotopic (exact) mass is 108 g/mol. The van der Waals surface area contributed by atoms with E-state index in [9.17, 15) is 9.90 Å². The summed E-state index contributed by atoms with van der Waals surface area (Å²) in [5, 5.41) is 17.5. The molecule has 8 heavy (non-hydrogen) atoms.